The molecule has 0 saturated carbocycles. The van der Waals surface area contributed by atoms with E-state index in [1.165, 1.54) is 0 Å². The zero-order valence-electron chi connectivity index (χ0n) is 15.4. The smallest absolute Gasteiger partial charge is 0.224 e. The van der Waals surface area contributed by atoms with Crippen LogP contribution in [-0.4, -0.2) is 35.8 Å². The van der Waals surface area contributed by atoms with Crippen LogP contribution in [0.3, 0.4) is 0 Å². The molecule has 3 unspecified atom stereocenters. The lowest BCUT2D eigenvalue weighted by Crippen LogP contribution is -2.50. The predicted octanol–water partition coefficient (Wildman–Crippen LogP) is 2.62. The maximum absolute atomic E-state index is 12.7. The van der Waals surface area contributed by atoms with Gasteiger partial charge in [0, 0.05) is 31.6 Å². The Morgan fingerprint density at radius 3 is 2.68 bits per heavy atom. The standard InChI is InChI=1S/C20H31N3O2/c1-3-4-12-22-20(25)17-11-10-15(2)23(14-17)19(24)13-18(21)16-8-6-5-7-9-16/h5-9,15,17-18H,3-4,10-14,21H2,1-2H3,(H,22,25). The summed E-state index contributed by atoms with van der Waals surface area (Å²) in [5.74, 6) is 0.00498. The molecular formula is C20H31N3O2. The summed E-state index contributed by atoms with van der Waals surface area (Å²) in [6.45, 7) is 5.37. The highest BCUT2D eigenvalue weighted by molar-refractivity contribution is 5.81. The van der Waals surface area contributed by atoms with E-state index in [-0.39, 0.29) is 36.2 Å². The normalized spacial score (nSPS) is 21.6. The van der Waals surface area contributed by atoms with Crippen LogP contribution in [0.15, 0.2) is 30.3 Å². The van der Waals surface area contributed by atoms with Gasteiger partial charge in [-0.1, -0.05) is 43.7 Å². The third-order valence-electron chi connectivity index (χ3n) is 5.03. The minimum Gasteiger partial charge on any atom is -0.356 e. The fourth-order valence-electron chi connectivity index (χ4n) is 3.32. The highest BCUT2D eigenvalue weighted by Gasteiger charge is 2.32. The summed E-state index contributed by atoms with van der Waals surface area (Å²) in [5.41, 5.74) is 7.16. The van der Waals surface area contributed by atoms with Gasteiger partial charge in [-0.2, -0.15) is 0 Å². The second-order valence-electron chi connectivity index (χ2n) is 7.04. The molecule has 2 amide bonds. The Bertz CT molecular complexity index is 561. The van der Waals surface area contributed by atoms with Crippen molar-refractivity contribution in [1.29, 1.82) is 0 Å². The highest BCUT2D eigenvalue weighted by Crippen LogP contribution is 2.24. The number of nitrogens with zero attached hydrogens (tertiary/aromatic N) is 1. The fourth-order valence-corrected chi connectivity index (χ4v) is 3.32. The van der Waals surface area contributed by atoms with Crippen molar-refractivity contribution in [2.75, 3.05) is 13.1 Å². The quantitative estimate of drug-likeness (QED) is 0.746. The van der Waals surface area contributed by atoms with E-state index >= 15 is 0 Å². The van der Waals surface area contributed by atoms with Crippen LogP contribution < -0.4 is 11.1 Å². The third kappa shape index (κ3) is 5.56. The molecule has 138 valence electrons. The summed E-state index contributed by atoms with van der Waals surface area (Å²) < 4.78 is 0. The number of piperidine rings is 1. The summed E-state index contributed by atoms with van der Waals surface area (Å²) in [5, 5.41) is 2.99. The molecule has 0 aliphatic carbocycles. The molecule has 5 nitrogen and oxygen atoms in total. The number of likely N-dealkylation sites (tertiary alicyclic amines) is 1. The Balaban J connectivity index is 1.92. The molecule has 1 aliphatic rings. The first-order valence-electron chi connectivity index (χ1n) is 9.40. The topological polar surface area (TPSA) is 75.4 Å². The Kier molecular flexibility index (Phi) is 7.44. The summed E-state index contributed by atoms with van der Waals surface area (Å²) in [6.07, 6.45) is 4.03. The number of nitrogens with two attached hydrogens (primary N) is 1. The molecule has 25 heavy (non-hydrogen) atoms. The highest BCUT2D eigenvalue weighted by atomic mass is 16.2. The van der Waals surface area contributed by atoms with Gasteiger partial charge in [-0.05, 0) is 31.7 Å². The van der Waals surface area contributed by atoms with E-state index in [0.29, 0.717) is 13.1 Å². The van der Waals surface area contributed by atoms with Gasteiger partial charge in [0.05, 0.1) is 5.92 Å². The Labute approximate surface area is 151 Å². The van der Waals surface area contributed by atoms with Crippen LogP contribution in [0.4, 0.5) is 0 Å². The van der Waals surface area contributed by atoms with Crippen molar-refractivity contribution < 1.29 is 9.59 Å². The first-order valence-corrected chi connectivity index (χ1v) is 9.40. The Morgan fingerprint density at radius 2 is 2.00 bits per heavy atom. The minimum absolute atomic E-state index is 0.0370. The van der Waals surface area contributed by atoms with Crippen molar-refractivity contribution >= 4 is 11.8 Å². The van der Waals surface area contributed by atoms with Crippen molar-refractivity contribution in [3.8, 4) is 0 Å². The molecule has 0 radical (unpaired) electrons. The number of rotatable bonds is 7. The average Bonchev–Trinajstić information content (AvgIpc) is 2.62. The van der Waals surface area contributed by atoms with Gasteiger partial charge in [-0.15, -0.1) is 0 Å². The minimum atomic E-state index is -0.306. The van der Waals surface area contributed by atoms with E-state index < -0.39 is 0 Å². The molecule has 1 fully saturated rings. The van der Waals surface area contributed by atoms with Gasteiger partial charge in [0.2, 0.25) is 11.8 Å². The number of unbranched alkanes of at least 4 members (excludes halogenated alkanes) is 1. The van der Waals surface area contributed by atoms with Gasteiger partial charge in [-0.3, -0.25) is 9.59 Å². The summed E-state index contributed by atoms with van der Waals surface area (Å²) >= 11 is 0. The van der Waals surface area contributed by atoms with Crippen molar-refractivity contribution in [2.24, 2.45) is 11.7 Å². The second-order valence-corrected chi connectivity index (χ2v) is 7.04. The van der Waals surface area contributed by atoms with Crippen LogP contribution in [-0.2, 0) is 9.59 Å². The number of hydrogen-bond donors (Lipinski definition) is 2. The number of hydrogen-bond acceptors (Lipinski definition) is 3. The second kappa shape index (κ2) is 9.56. The SMILES string of the molecule is CCCCNC(=O)C1CCC(C)N(C(=O)CC(N)c2ccccc2)C1. The predicted molar refractivity (Wildman–Crippen MR) is 99.8 cm³/mol. The third-order valence-corrected chi connectivity index (χ3v) is 5.03. The van der Waals surface area contributed by atoms with Gasteiger partial charge in [0.25, 0.3) is 0 Å². The largest absolute Gasteiger partial charge is 0.356 e. The first-order chi connectivity index (χ1) is 12.0. The molecule has 5 heteroatoms. The number of amides is 2. The van der Waals surface area contributed by atoms with E-state index in [9.17, 15) is 9.59 Å². The number of carbonyl (C=O) groups is 2. The van der Waals surface area contributed by atoms with Crippen LogP contribution in [0, 0.1) is 5.92 Å². The van der Waals surface area contributed by atoms with Crippen LogP contribution >= 0.6 is 0 Å². The molecular weight excluding hydrogens is 314 g/mol. The van der Waals surface area contributed by atoms with Crippen molar-refractivity contribution in [3.63, 3.8) is 0 Å². The number of nitrogens with one attached hydrogen (secondary N) is 1. The van der Waals surface area contributed by atoms with Crippen molar-refractivity contribution in [1.82, 2.24) is 10.2 Å². The monoisotopic (exact) mass is 345 g/mol. The van der Waals surface area contributed by atoms with Crippen LogP contribution in [0.1, 0.15) is 57.6 Å². The van der Waals surface area contributed by atoms with Gasteiger partial charge in [0.15, 0.2) is 0 Å². The molecule has 1 heterocycles. The van der Waals surface area contributed by atoms with Gasteiger partial charge in [0.1, 0.15) is 0 Å². The van der Waals surface area contributed by atoms with Crippen molar-refractivity contribution in [2.45, 2.75) is 58.0 Å². The van der Waals surface area contributed by atoms with Crippen LogP contribution in [0.5, 0.6) is 0 Å². The lowest BCUT2D eigenvalue weighted by molar-refractivity contribution is -0.138. The number of carbonyl (C=O) groups excluding carboxylic acids is 2. The molecule has 1 aromatic rings. The molecule has 3 atom stereocenters. The zero-order chi connectivity index (χ0) is 18.2. The van der Waals surface area contributed by atoms with Crippen molar-refractivity contribution in [3.05, 3.63) is 35.9 Å². The summed E-state index contributed by atoms with van der Waals surface area (Å²) in [7, 11) is 0. The lowest BCUT2D eigenvalue weighted by Gasteiger charge is -2.38. The van der Waals surface area contributed by atoms with Crippen LogP contribution in [0.25, 0.3) is 0 Å². The molecule has 0 bridgehead atoms. The summed E-state index contributed by atoms with van der Waals surface area (Å²) in [6, 6.07) is 9.55. The van der Waals surface area contributed by atoms with E-state index in [2.05, 4.69) is 19.2 Å². The molecule has 2 rings (SSSR count). The molecule has 1 aliphatic heterocycles. The zero-order valence-corrected chi connectivity index (χ0v) is 15.4. The van der Waals surface area contributed by atoms with E-state index in [1.807, 2.05) is 35.2 Å². The summed E-state index contributed by atoms with van der Waals surface area (Å²) in [4.78, 5) is 26.9. The maximum Gasteiger partial charge on any atom is 0.224 e. The average molecular weight is 345 g/mol. The Morgan fingerprint density at radius 1 is 1.28 bits per heavy atom. The molecule has 3 N–H and O–H groups in total. The van der Waals surface area contributed by atoms with Gasteiger partial charge >= 0.3 is 0 Å². The lowest BCUT2D eigenvalue weighted by atomic mass is 9.91. The van der Waals surface area contributed by atoms with Crippen LogP contribution in [0.2, 0.25) is 0 Å². The number of benzene rings is 1. The molecule has 0 aromatic heterocycles. The van der Waals surface area contributed by atoms with Gasteiger partial charge in [-0.25, -0.2) is 0 Å². The molecule has 1 saturated heterocycles. The van der Waals surface area contributed by atoms with E-state index in [1.54, 1.807) is 0 Å². The maximum atomic E-state index is 12.7. The fraction of sp³-hybridized carbons (Fsp3) is 0.600. The molecule has 1 aromatic carbocycles. The molecule has 0 spiro atoms. The Hall–Kier alpha value is -1.88. The van der Waals surface area contributed by atoms with Gasteiger partial charge < -0.3 is 16.0 Å². The first kappa shape index (κ1) is 19.4. The van der Waals surface area contributed by atoms with E-state index in [0.717, 1.165) is 31.2 Å². The van der Waals surface area contributed by atoms with E-state index in [4.69, 9.17) is 5.73 Å².